The molecule has 2 aliphatic rings. The average molecular weight is 360 g/mol. The van der Waals surface area contributed by atoms with E-state index in [0.29, 0.717) is 0 Å². The molecule has 1 unspecified atom stereocenters. The van der Waals surface area contributed by atoms with E-state index in [0.717, 1.165) is 12.5 Å². The van der Waals surface area contributed by atoms with Gasteiger partial charge in [-0.1, -0.05) is 24.3 Å². The van der Waals surface area contributed by atoms with Crippen LogP contribution in [0, 0.1) is 12.8 Å². The zero-order chi connectivity index (χ0) is 14.5. The maximum absolute atomic E-state index is 3.53. The molecule has 1 atom stereocenters. The van der Waals surface area contributed by atoms with Crippen LogP contribution in [-0.2, 0) is 6.54 Å². The predicted octanol–water partition coefficient (Wildman–Crippen LogP) is 2.96. The fraction of sp³-hybridized carbons (Fsp3) is 0.667. The summed E-state index contributed by atoms with van der Waals surface area (Å²) < 4.78 is 0. The molecule has 0 bridgehead atoms. The minimum Gasteiger partial charge on any atom is -0.316 e. The Kier molecular flexibility index (Phi) is 9.48. The summed E-state index contributed by atoms with van der Waals surface area (Å²) in [7, 11) is 0. The molecule has 1 aromatic carbocycles. The van der Waals surface area contributed by atoms with Gasteiger partial charge in [-0.2, -0.15) is 0 Å². The third kappa shape index (κ3) is 6.24. The SMILES string of the molecule is Cc1ccccc1CN1CCN(CC2CCCNC2)CC1.Cl.Cl. The van der Waals surface area contributed by atoms with Crippen molar-refractivity contribution in [2.24, 2.45) is 5.92 Å². The van der Waals surface area contributed by atoms with E-state index in [1.54, 1.807) is 0 Å². The van der Waals surface area contributed by atoms with Crippen LogP contribution in [0.25, 0.3) is 0 Å². The minimum absolute atomic E-state index is 0. The van der Waals surface area contributed by atoms with Crippen molar-refractivity contribution in [3.8, 4) is 0 Å². The molecular weight excluding hydrogens is 329 g/mol. The van der Waals surface area contributed by atoms with Gasteiger partial charge in [0.05, 0.1) is 0 Å². The van der Waals surface area contributed by atoms with Crippen molar-refractivity contribution in [2.75, 3.05) is 45.8 Å². The van der Waals surface area contributed by atoms with Gasteiger partial charge in [0.2, 0.25) is 0 Å². The number of piperidine rings is 1. The lowest BCUT2D eigenvalue weighted by Crippen LogP contribution is -2.48. The van der Waals surface area contributed by atoms with E-state index >= 15 is 0 Å². The van der Waals surface area contributed by atoms with Crippen LogP contribution < -0.4 is 5.32 Å². The van der Waals surface area contributed by atoms with Crippen LogP contribution in [0.2, 0.25) is 0 Å². The Morgan fingerprint density at radius 1 is 1.04 bits per heavy atom. The third-order valence-electron chi connectivity index (χ3n) is 5.04. The summed E-state index contributed by atoms with van der Waals surface area (Å²) in [6.45, 7) is 12.0. The highest BCUT2D eigenvalue weighted by atomic mass is 35.5. The second kappa shape index (κ2) is 10.5. The molecule has 0 aromatic heterocycles. The quantitative estimate of drug-likeness (QED) is 0.891. The van der Waals surface area contributed by atoms with Crippen LogP contribution in [0.15, 0.2) is 24.3 Å². The summed E-state index contributed by atoms with van der Waals surface area (Å²) >= 11 is 0. The fourth-order valence-corrected chi connectivity index (χ4v) is 3.60. The van der Waals surface area contributed by atoms with E-state index < -0.39 is 0 Å². The smallest absolute Gasteiger partial charge is 0.0237 e. The maximum Gasteiger partial charge on any atom is 0.0237 e. The molecule has 5 heteroatoms. The minimum atomic E-state index is 0. The van der Waals surface area contributed by atoms with Gasteiger partial charge in [-0.25, -0.2) is 0 Å². The summed E-state index contributed by atoms with van der Waals surface area (Å²) in [5.74, 6) is 0.877. The van der Waals surface area contributed by atoms with E-state index in [-0.39, 0.29) is 24.8 Å². The fourth-order valence-electron chi connectivity index (χ4n) is 3.60. The van der Waals surface area contributed by atoms with E-state index in [2.05, 4.69) is 46.3 Å². The number of hydrogen-bond acceptors (Lipinski definition) is 3. The van der Waals surface area contributed by atoms with E-state index in [9.17, 15) is 0 Å². The Morgan fingerprint density at radius 2 is 1.74 bits per heavy atom. The van der Waals surface area contributed by atoms with E-state index in [1.165, 1.54) is 69.8 Å². The molecular formula is C18H31Cl2N3. The van der Waals surface area contributed by atoms with Crippen molar-refractivity contribution in [1.82, 2.24) is 15.1 Å². The zero-order valence-electron chi connectivity index (χ0n) is 14.2. The molecule has 3 nitrogen and oxygen atoms in total. The van der Waals surface area contributed by atoms with Crippen molar-refractivity contribution < 1.29 is 0 Å². The van der Waals surface area contributed by atoms with Crippen molar-refractivity contribution in [3.63, 3.8) is 0 Å². The number of aryl methyl sites for hydroxylation is 1. The number of benzene rings is 1. The molecule has 1 N–H and O–H groups in total. The summed E-state index contributed by atoms with van der Waals surface area (Å²) in [4.78, 5) is 5.28. The maximum atomic E-state index is 3.53. The summed E-state index contributed by atoms with van der Waals surface area (Å²) in [5.41, 5.74) is 2.91. The van der Waals surface area contributed by atoms with Gasteiger partial charge < -0.3 is 10.2 Å². The molecule has 1 aromatic rings. The molecule has 2 fully saturated rings. The Hall–Kier alpha value is -0.320. The monoisotopic (exact) mass is 359 g/mol. The van der Waals surface area contributed by atoms with Crippen LogP contribution >= 0.6 is 24.8 Å². The Balaban J connectivity index is 0.00000132. The Labute approximate surface area is 153 Å². The van der Waals surface area contributed by atoms with Gasteiger partial charge in [0.15, 0.2) is 0 Å². The van der Waals surface area contributed by atoms with Crippen LogP contribution in [0.5, 0.6) is 0 Å². The molecule has 0 spiro atoms. The number of halogens is 2. The third-order valence-corrected chi connectivity index (χ3v) is 5.04. The standard InChI is InChI=1S/C18H29N3.2ClH/c1-16-5-2-3-7-18(16)15-21-11-9-20(10-12-21)14-17-6-4-8-19-13-17;;/h2-3,5,7,17,19H,4,6,8-15H2,1H3;2*1H. The first kappa shape index (κ1) is 20.7. The van der Waals surface area contributed by atoms with Crippen LogP contribution in [0.1, 0.15) is 24.0 Å². The first-order chi connectivity index (χ1) is 10.3. The van der Waals surface area contributed by atoms with Gasteiger partial charge in [-0.3, -0.25) is 4.90 Å². The molecule has 0 saturated carbocycles. The normalized spacial score (nSPS) is 22.9. The van der Waals surface area contributed by atoms with Crippen molar-refractivity contribution in [3.05, 3.63) is 35.4 Å². The largest absolute Gasteiger partial charge is 0.316 e. The van der Waals surface area contributed by atoms with Crippen LogP contribution in [0.3, 0.4) is 0 Å². The molecule has 3 rings (SSSR count). The van der Waals surface area contributed by atoms with Crippen molar-refractivity contribution >= 4 is 24.8 Å². The lowest BCUT2D eigenvalue weighted by Gasteiger charge is -2.37. The number of piperazine rings is 1. The van der Waals surface area contributed by atoms with Crippen LogP contribution in [-0.4, -0.2) is 55.6 Å². The van der Waals surface area contributed by atoms with Gasteiger partial charge in [-0.05, 0) is 49.9 Å². The van der Waals surface area contributed by atoms with Gasteiger partial charge >= 0.3 is 0 Å². The molecule has 0 aliphatic carbocycles. The molecule has 2 saturated heterocycles. The lowest BCUT2D eigenvalue weighted by molar-refractivity contribution is 0.108. The molecule has 132 valence electrons. The summed E-state index contributed by atoms with van der Waals surface area (Å²) in [5, 5.41) is 3.53. The number of rotatable bonds is 4. The highest BCUT2D eigenvalue weighted by molar-refractivity contribution is 5.85. The van der Waals surface area contributed by atoms with Crippen molar-refractivity contribution in [1.29, 1.82) is 0 Å². The van der Waals surface area contributed by atoms with Crippen molar-refractivity contribution in [2.45, 2.75) is 26.3 Å². The van der Waals surface area contributed by atoms with Crippen LogP contribution in [0.4, 0.5) is 0 Å². The Morgan fingerprint density at radius 3 is 2.39 bits per heavy atom. The van der Waals surface area contributed by atoms with Gasteiger partial charge in [0.25, 0.3) is 0 Å². The van der Waals surface area contributed by atoms with Gasteiger partial charge in [-0.15, -0.1) is 24.8 Å². The van der Waals surface area contributed by atoms with E-state index in [4.69, 9.17) is 0 Å². The highest BCUT2D eigenvalue weighted by Gasteiger charge is 2.21. The predicted molar refractivity (Wildman–Crippen MR) is 103 cm³/mol. The molecule has 0 radical (unpaired) electrons. The second-order valence-corrected chi connectivity index (χ2v) is 6.72. The highest BCUT2D eigenvalue weighted by Crippen LogP contribution is 2.15. The zero-order valence-corrected chi connectivity index (χ0v) is 15.8. The van der Waals surface area contributed by atoms with Gasteiger partial charge in [0, 0.05) is 39.3 Å². The Bertz CT molecular complexity index is 442. The molecule has 23 heavy (non-hydrogen) atoms. The molecule has 0 amide bonds. The first-order valence-electron chi connectivity index (χ1n) is 8.51. The summed E-state index contributed by atoms with van der Waals surface area (Å²) in [6.07, 6.45) is 2.77. The van der Waals surface area contributed by atoms with Gasteiger partial charge in [0.1, 0.15) is 0 Å². The molecule has 2 aliphatic heterocycles. The first-order valence-corrected chi connectivity index (χ1v) is 8.51. The number of hydrogen-bond donors (Lipinski definition) is 1. The topological polar surface area (TPSA) is 18.5 Å². The number of nitrogens with one attached hydrogen (secondary N) is 1. The average Bonchev–Trinajstić information content (AvgIpc) is 2.52. The second-order valence-electron chi connectivity index (χ2n) is 6.72. The summed E-state index contributed by atoms with van der Waals surface area (Å²) in [6, 6.07) is 8.79. The van der Waals surface area contributed by atoms with E-state index in [1.807, 2.05) is 0 Å². The number of nitrogens with zero attached hydrogens (tertiary/aromatic N) is 2. The molecule has 2 heterocycles. The lowest BCUT2D eigenvalue weighted by atomic mass is 9.99.